The van der Waals surface area contributed by atoms with Crippen molar-refractivity contribution >= 4 is 11.8 Å². The number of rotatable bonds is 6. The van der Waals surface area contributed by atoms with Gasteiger partial charge in [0.1, 0.15) is 0 Å². The van der Waals surface area contributed by atoms with Crippen molar-refractivity contribution in [3.05, 3.63) is 0 Å². The number of aliphatic hydroxyl groups is 1. The Hall–Kier alpha value is -1.10. The minimum absolute atomic E-state index is 0.00663. The van der Waals surface area contributed by atoms with E-state index in [1.54, 1.807) is 11.8 Å². The van der Waals surface area contributed by atoms with Crippen LogP contribution in [0.1, 0.15) is 46.5 Å². The molecule has 0 aromatic heterocycles. The zero-order valence-electron chi connectivity index (χ0n) is 12.9. The van der Waals surface area contributed by atoms with E-state index < -0.39 is 0 Å². The predicted octanol–water partition coefficient (Wildman–Crippen LogP) is 1.16. The van der Waals surface area contributed by atoms with E-state index in [0.29, 0.717) is 13.1 Å². The Morgan fingerprint density at radius 1 is 1.40 bits per heavy atom. The summed E-state index contributed by atoms with van der Waals surface area (Å²) in [6.45, 7) is 7.84. The minimum Gasteiger partial charge on any atom is -0.396 e. The van der Waals surface area contributed by atoms with Crippen LogP contribution in [0.25, 0.3) is 0 Å². The molecule has 1 fully saturated rings. The molecular formula is C15H28N2O3. The zero-order chi connectivity index (χ0) is 15.2. The molecule has 1 saturated heterocycles. The van der Waals surface area contributed by atoms with E-state index in [2.05, 4.69) is 19.2 Å². The Morgan fingerprint density at radius 3 is 2.70 bits per heavy atom. The average Bonchev–Trinajstić information content (AvgIpc) is 2.43. The maximum atomic E-state index is 12.2. The van der Waals surface area contributed by atoms with Crippen molar-refractivity contribution in [2.75, 3.05) is 26.2 Å². The summed E-state index contributed by atoms with van der Waals surface area (Å²) >= 11 is 0. The van der Waals surface area contributed by atoms with Gasteiger partial charge in [-0.25, -0.2) is 0 Å². The molecule has 5 heteroatoms. The number of nitrogens with one attached hydrogen (secondary N) is 1. The molecule has 0 spiro atoms. The number of amides is 2. The van der Waals surface area contributed by atoms with Crippen molar-refractivity contribution in [1.29, 1.82) is 0 Å². The van der Waals surface area contributed by atoms with Gasteiger partial charge in [-0.3, -0.25) is 9.59 Å². The van der Waals surface area contributed by atoms with Gasteiger partial charge in [-0.15, -0.1) is 0 Å². The number of aliphatic hydroxyl groups excluding tert-OH is 1. The van der Waals surface area contributed by atoms with Crippen molar-refractivity contribution in [2.24, 2.45) is 11.3 Å². The molecule has 0 saturated carbocycles. The molecule has 1 atom stereocenters. The van der Waals surface area contributed by atoms with E-state index in [0.717, 1.165) is 32.2 Å². The van der Waals surface area contributed by atoms with E-state index in [9.17, 15) is 9.59 Å². The molecule has 1 rings (SSSR count). The largest absolute Gasteiger partial charge is 0.396 e. The van der Waals surface area contributed by atoms with Crippen molar-refractivity contribution in [2.45, 2.75) is 46.5 Å². The first kappa shape index (κ1) is 17.0. The lowest BCUT2D eigenvalue weighted by Crippen LogP contribution is -2.46. The molecule has 2 N–H and O–H groups in total. The number of nitrogens with zero attached hydrogens (tertiary/aromatic N) is 1. The standard InChI is InChI=1S/C15H28N2O3/c1-12(19)17-8-4-6-13(10-17)14(20)16-11-15(2,3)7-5-9-18/h13,18H,4-11H2,1-3H3,(H,16,20). The van der Waals surface area contributed by atoms with Crippen molar-refractivity contribution < 1.29 is 14.7 Å². The van der Waals surface area contributed by atoms with Crippen molar-refractivity contribution in [3.8, 4) is 0 Å². The lowest BCUT2D eigenvalue weighted by Gasteiger charge is -2.32. The van der Waals surface area contributed by atoms with Gasteiger partial charge in [0.05, 0.1) is 5.92 Å². The summed E-state index contributed by atoms with van der Waals surface area (Å²) in [7, 11) is 0. The Balaban J connectivity index is 2.40. The van der Waals surface area contributed by atoms with Crippen LogP contribution in [0.4, 0.5) is 0 Å². The third kappa shape index (κ3) is 5.49. The minimum atomic E-state index is -0.0821. The quantitative estimate of drug-likeness (QED) is 0.769. The number of carbonyl (C=O) groups excluding carboxylic acids is 2. The molecule has 2 amide bonds. The van der Waals surface area contributed by atoms with Crippen LogP contribution in [-0.4, -0.2) is 48.1 Å². The SMILES string of the molecule is CC(=O)N1CCCC(C(=O)NCC(C)(C)CCCO)C1. The summed E-state index contributed by atoms with van der Waals surface area (Å²) in [5.41, 5.74) is -0.00663. The van der Waals surface area contributed by atoms with Gasteiger partial charge in [0, 0.05) is 33.2 Å². The number of hydrogen-bond donors (Lipinski definition) is 2. The molecule has 1 aliphatic rings. The summed E-state index contributed by atoms with van der Waals surface area (Å²) in [4.78, 5) is 25.3. The number of hydrogen-bond acceptors (Lipinski definition) is 3. The van der Waals surface area contributed by atoms with Crippen LogP contribution in [0.15, 0.2) is 0 Å². The molecular weight excluding hydrogens is 256 g/mol. The van der Waals surface area contributed by atoms with Crippen LogP contribution in [0, 0.1) is 11.3 Å². The first-order valence-electron chi connectivity index (χ1n) is 7.50. The third-order valence-corrected chi connectivity index (χ3v) is 3.99. The normalized spacial score (nSPS) is 19.8. The van der Waals surface area contributed by atoms with Gasteiger partial charge in [-0.1, -0.05) is 13.8 Å². The van der Waals surface area contributed by atoms with Crippen LogP contribution >= 0.6 is 0 Å². The van der Waals surface area contributed by atoms with Gasteiger partial charge in [0.25, 0.3) is 0 Å². The van der Waals surface area contributed by atoms with Gasteiger partial charge >= 0.3 is 0 Å². The van der Waals surface area contributed by atoms with Crippen molar-refractivity contribution in [3.63, 3.8) is 0 Å². The summed E-state index contributed by atoms with van der Waals surface area (Å²) in [6, 6.07) is 0. The summed E-state index contributed by atoms with van der Waals surface area (Å²) in [5.74, 6) is 0.0140. The average molecular weight is 284 g/mol. The Morgan fingerprint density at radius 2 is 2.10 bits per heavy atom. The highest BCUT2D eigenvalue weighted by Crippen LogP contribution is 2.22. The van der Waals surface area contributed by atoms with Crippen LogP contribution in [0.3, 0.4) is 0 Å². The topological polar surface area (TPSA) is 69.6 Å². The van der Waals surface area contributed by atoms with E-state index >= 15 is 0 Å². The second-order valence-electron chi connectivity index (χ2n) is 6.51. The summed E-state index contributed by atoms with van der Waals surface area (Å²) in [5, 5.41) is 11.9. The van der Waals surface area contributed by atoms with Crippen LogP contribution < -0.4 is 5.32 Å². The molecule has 5 nitrogen and oxygen atoms in total. The van der Waals surface area contributed by atoms with Crippen LogP contribution in [-0.2, 0) is 9.59 Å². The molecule has 0 radical (unpaired) electrons. The number of likely N-dealkylation sites (tertiary alicyclic amines) is 1. The molecule has 1 aliphatic heterocycles. The summed E-state index contributed by atoms with van der Waals surface area (Å²) < 4.78 is 0. The van der Waals surface area contributed by atoms with Gasteiger partial charge < -0.3 is 15.3 Å². The lowest BCUT2D eigenvalue weighted by molar-refractivity contribution is -0.134. The van der Waals surface area contributed by atoms with Gasteiger partial charge in [0.2, 0.25) is 11.8 Å². The molecule has 0 bridgehead atoms. The maximum absolute atomic E-state index is 12.2. The first-order chi connectivity index (χ1) is 9.35. The highest BCUT2D eigenvalue weighted by atomic mass is 16.3. The molecule has 1 heterocycles. The fourth-order valence-corrected chi connectivity index (χ4v) is 2.59. The maximum Gasteiger partial charge on any atom is 0.224 e. The fourth-order valence-electron chi connectivity index (χ4n) is 2.59. The zero-order valence-corrected chi connectivity index (χ0v) is 12.9. The van der Waals surface area contributed by atoms with E-state index in [-0.39, 0.29) is 29.8 Å². The smallest absolute Gasteiger partial charge is 0.224 e. The van der Waals surface area contributed by atoms with Gasteiger partial charge in [0.15, 0.2) is 0 Å². The lowest BCUT2D eigenvalue weighted by atomic mass is 9.87. The molecule has 0 aromatic carbocycles. The fraction of sp³-hybridized carbons (Fsp3) is 0.867. The molecule has 0 aliphatic carbocycles. The Bertz CT molecular complexity index is 342. The third-order valence-electron chi connectivity index (χ3n) is 3.99. The first-order valence-corrected chi connectivity index (χ1v) is 7.50. The van der Waals surface area contributed by atoms with Gasteiger partial charge in [-0.2, -0.15) is 0 Å². The van der Waals surface area contributed by atoms with Crippen LogP contribution in [0.2, 0.25) is 0 Å². The Labute approximate surface area is 121 Å². The number of carbonyl (C=O) groups is 2. The molecule has 20 heavy (non-hydrogen) atoms. The van der Waals surface area contributed by atoms with Gasteiger partial charge in [-0.05, 0) is 31.1 Å². The number of piperidine rings is 1. The van der Waals surface area contributed by atoms with Crippen molar-refractivity contribution in [1.82, 2.24) is 10.2 Å². The summed E-state index contributed by atoms with van der Waals surface area (Å²) in [6.07, 6.45) is 3.39. The second kappa shape index (κ2) is 7.62. The van der Waals surface area contributed by atoms with Crippen LogP contribution in [0.5, 0.6) is 0 Å². The Kier molecular flexibility index (Phi) is 6.46. The second-order valence-corrected chi connectivity index (χ2v) is 6.51. The van der Waals surface area contributed by atoms with E-state index in [4.69, 9.17) is 5.11 Å². The highest BCUT2D eigenvalue weighted by molar-refractivity contribution is 5.80. The monoisotopic (exact) mass is 284 g/mol. The highest BCUT2D eigenvalue weighted by Gasteiger charge is 2.28. The van der Waals surface area contributed by atoms with E-state index in [1.807, 2.05) is 0 Å². The van der Waals surface area contributed by atoms with E-state index in [1.165, 1.54) is 0 Å². The molecule has 1 unspecified atom stereocenters. The molecule has 0 aromatic rings. The predicted molar refractivity (Wildman–Crippen MR) is 78.1 cm³/mol. The molecule has 116 valence electrons.